The molecule has 2 aromatic rings. The van der Waals surface area contributed by atoms with E-state index in [4.69, 9.17) is 5.84 Å². The predicted octanol–water partition coefficient (Wildman–Crippen LogP) is 2.09. The van der Waals surface area contributed by atoms with Gasteiger partial charge in [0.1, 0.15) is 4.90 Å². The van der Waals surface area contributed by atoms with Gasteiger partial charge in [0.2, 0.25) is 5.95 Å². The highest BCUT2D eigenvalue weighted by Gasteiger charge is 2.17. The van der Waals surface area contributed by atoms with Crippen LogP contribution in [0.5, 0.6) is 0 Å². The molecule has 0 saturated carbocycles. The summed E-state index contributed by atoms with van der Waals surface area (Å²) in [5.41, 5.74) is 2.62. The van der Waals surface area contributed by atoms with Gasteiger partial charge in [-0.1, -0.05) is 15.9 Å². The van der Waals surface area contributed by atoms with Crippen molar-refractivity contribution in [1.82, 2.24) is 9.97 Å². The molecule has 4 N–H and O–H groups in total. The van der Waals surface area contributed by atoms with Crippen molar-refractivity contribution in [2.45, 2.75) is 4.90 Å². The summed E-state index contributed by atoms with van der Waals surface area (Å²) >= 11 is 6.55. The Labute approximate surface area is 132 Å². The van der Waals surface area contributed by atoms with Crippen LogP contribution in [0.4, 0.5) is 11.6 Å². The fourth-order valence-corrected chi connectivity index (χ4v) is 3.11. The number of hydrazine groups is 1. The number of nitrogens with two attached hydrogens (primary N) is 1. The third-order valence-electron chi connectivity index (χ3n) is 2.24. The van der Waals surface area contributed by atoms with Crippen LogP contribution in [0.25, 0.3) is 0 Å². The summed E-state index contributed by atoms with van der Waals surface area (Å²) in [5.74, 6) is 5.25. The lowest BCUT2D eigenvalue weighted by molar-refractivity contribution is 0.600. The summed E-state index contributed by atoms with van der Waals surface area (Å²) in [5, 5.41) is 0. The Hall–Kier alpha value is -1.23. The monoisotopic (exact) mass is 421 g/mol. The molecule has 0 aliphatic heterocycles. The molecule has 0 saturated heterocycles. The summed E-state index contributed by atoms with van der Waals surface area (Å²) in [4.78, 5) is 7.45. The summed E-state index contributed by atoms with van der Waals surface area (Å²) in [7, 11) is -3.77. The third kappa shape index (κ3) is 3.45. The minimum atomic E-state index is -3.77. The van der Waals surface area contributed by atoms with Gasteiger partial charge in [0.15, 0.2) is 0 Å². The number of sulfonamides is 1. The molecular formula is C10H9Br2N5O2S. The van der Waals surface area contributed by atoms with E-state index in [9.17, 15) is 8.42 Å². The molecule has 0 radical (unpaired) electrons. The van der Waals surface area contributed by atoms with Gasteiger partial charge in [-0.25, -0.2) is 24.2 Å². The lowest BCUT2D eigenvalue weighted by atomic mass is 10.3. The molecule has 0 bridgehead atoms. The van der Waals surface area contributed by atoms with Gasteiger partial charge in [-0.15, -0.1) is 0 Å². The molecule has 0 amide bonds. The fraction of sp³-hybridized carbons (Fsp3) is 0. The summed E-state index contributed by atoms with van der Waals surface area (Å²) in [6.45, 7) is 0. The van der Waals surface area contributed by atoms with Crippen molar-refractivity contribution in [2.75, 3.05) is 10.1 Å². The van der Waals surface area contributed by atoms with Crippen LogP contribution in [0.1, 0.15) is 0 Å². The summed E-state index contributed by atoms with van der Waals surface area (Å²) < 4.78 is 28.2. The first-order valence-electron chi connectivity index (χ1n) is 5.19. The Morgan fingerprint density at radius 1 is 1.15 bits per heavy atom. The molecule has 0 unspecified atom stereocenters. The number of hydrogen-bond donors (Lipinski definition) is 3. The van der Waals surface area contributed by atoms with Crippen LogP contribution < -0.4 is 16.0 Å². The number of aromatic nitrogens is 2. The van der Waals surface area contributed by atoms with Crippen LogP contribution >= 0.6 is 31.9 Å². The number of anilines is 2. The van der Waals surface area contributed by atoms with Gasteiger partial charge in [-0.3, -0.25) is 10.1 Å². The number of rotatable bonds is 4. The van der Waals surface area contributed by atoms with Crippen LogP contribution in [0.3, 0.4) is 0 Å². The highest BCUT2D eigenvalue weighted by atomic mass is 79.9. The molecule has 0 aliphatic carbocycles. The zero-order chi connectivity index (χ0) is 14.8. The van der Waals surface area contributed by atoms with E-state index < -0.39 is 10.0 Å². The molecule has 20 heavy (non-hydrogen) atoms. The standard InChI is InChI=1S/C10H9Br2N5O2S/c11-6-1-2-8(12)9(3-6)17-20(18,19)7-4-14-10(16-13)15-5-7/h1-5,17H,13H2,(H,14,15,16). The van der Waals surface area contributed by atoms with E-state index in [1.807, 2.05) is 0 Å². The molecule has 10 heteroatoms. The normalized spacial score (nSPS) is 11.2. The van der Waals surface area contributed by atoms with E-state index in [0.29, 0.717) is 10.2 Å². The molecule has 1 aromatic heterocycles. The topological polar surface area (TPSA) is 110 Å². The molecular weight excluding hydrogens is 414 g/mol. The van der Waals surface area contributed by atoms with E-state index in [1.54, 1.807) is 18.2 Å². The predicted molar refractivity (Wildman–Crippen MR) is 82.5 cm³/mol. The SMILES string of the molecule is NNc1ncc(S(=O)(=O)Nc2cc(Br)ccc2Br)cn1. The number of nitrogen functional groups attached to an aromatic ring is 1. The van der Waals surface area contributed by atoms with Gasteiger partial charge < -0.3 is 0 Å². The Balaban J connectivity index is 2.32. The van der Waals surface area contributed by atoms with Gasteiger partial charge >= 0.3 is 0 Å². The second-order valence-corrected chi connectivity index (χ2v) is 7.07. The van der Waals surface area contributed by atoms with E-state index >= 15 is 0 Å². The average Bonchev–Trinajstić information content (AvgIpc) is 2.43. The van der Waals surface area contributed by atoms with E-state index in [2.05, 4.69) is 52.0 Å². The first-order chi connectivity index (χ1) is 9.42. The third-order valence-corrected chi connectivity index (χ3v) is 4.75. The van der Waals surface area contributed by atoms with Crippen molar-refractivity contribution in [3.8, 4) is 0 Å². The Bertz CT molecular complexity index is 721. The quantitative estimate of drug-likeness (QED) is 0.514. The maximum absolute atomic E-state index is 12.2. The van der Waals surface area contributed by atoms with Gasteiger partial charge in [-0.2, -0.15) is 0 Å². The number of nitrogens with zero attached hydrogens (tertiary/aromatic N) is 2. The molecule has 0 atom stereocenters. The maximum Gasteiger partial charge on any atom is 0.265 e. The van der Waals surface area contributed by atoms with E-state index in [-0.39, 0.29) is 10.8 Å². The van der Waals surface area contributed by atoms with Crippen LogP contribution in [0.15, 0.2) is 44.4 Å². The minimum absolute atomic E-state index is 0.0663. The largest absolute Gasteiger partial charge is 0.292 e. The number of halogens is 2. The van der Waals surface area contributed by atoms with Crippen molar-refractivity contribution in [3.05, 3.63) is 39.5 Å². The fourth-order valence-electron chi connectivity index (χ4n) is 1.31. The van der Waals surface area contributed by atoms with Crippen molar-refractivity contribution in [2.24, 2.45) is 5.84 Å². The van der Waals surface area contributed by atoms with Crippen molar-refractivity contribution in [3.63, 3.8) is 0 Å². The second kappa shape index (κ2) is 6.04. The second-order valence-electron chi connectivity index (χ2n) is 3.62. The van der Waals surface area contributed by atoms with E-state index in [0.717, 1.165) is 16.9 Å². The minimum Gasteiger partial charge on any atom is -0.292 e. The van der Waals surface area contributed by atoms with Crippen LogP contribution in [0.2, 0.25) is 0 Å². The summed E-state index contributed by atoms with van der Waals surface area (Å²) in [6.07, 6.45) is 2.33. The first kappa shape index (κ1) is 15.2. The Kier molecular flexibility index (Phi) is 4.58. The van der Waals surface area contributed by atoms with Crippen molar-refractivity contribution in [1.29, 1.82) is 0 Å². The van der Waals surface area contributed by atoms with Crippen molar-refractivity contribution < 1.29 is 8.42 Å². The highest BCUT2D eigenvalue weighted by molar-refractivity contribution is 9.11. The van der Waals surface area contributed by atoms with Crippen LogP contribution in [-0.4, -0.2) is 18.4 Å². The smallest absolute Gasteiger partial charge is 0.265 e. The molecule has 1 heterocycles. The molecule has 0 fully saturated rings. The Morgan fingerprint density at radius 3 is 2.40 bits per heavy atom. The lowest BCUT2D eigenvalue weighted by Gasteiger charge is -2.10. The number of hydrogen-bond acceptors (Lipinski definition) is 6. The lowest BCUT2D eigenvalue weighted by Crippen LogP contribution is -2.15. The van der Waals surface area contributed by atoms with Gasteiger partial charge in [-0.05, 0) is 34.1 Å². The number of benzene rings is 1. The molecule has 0 aliphatic rings. The average molecular weight is 423 g/mol. The summed E-state index contributed by atoms with van der Waals surface area (Å²) in [6, 6.07) is 5.14. The maximum atomic E-state index is 12.2. The molecule has 106 valence electrons. The molecule has 1 aromatic carbocycles. The van der Waals surface area contributed by atoms with Crippen LogP contribution in [0, 0.1) is 0 Å². The highest BCUT2D eigenvalue weighted by Crippen LogP contribution is 2.28. The Morgan fingerprint density at radius 2 is 1.80 bits per heavy atom. The van der Waals surface area contributed by atoms with Gasteiger partial charge in [0.05, 0.1) is 18.1 Å². The zero-order valence-corrected chi connectivity index (χ0v) is 13.8. The molecule has 0 spiro atoms. The number of nitrogens with one attached hydrogen (secondary N) is 2. The molecule has 2 rings (SSSR count). The van der Waals surface area contributed by atoms with Gasteiger partial charge in [0, 0.05) is 8.95 Å². The molecule has 7 nitrogen and oxygen atoms in total. The van der Waals surface area contributed by atoms with Gasteiger partial charge in [0.25, 0.3) is 10.0 Å². The van der Waals surface area contributed by atoms with Crippen LogP contribution in [-0.2, 0) is 10.0 Å². The zero-order valence-electron chi connectivity index (χ0n) is 9.84. The first-order valence-corrected chi connectivity index (χ1v) is 8.26. The van der Waals surface area contributed by atoms with E-state index in [1.165, 1.54) is 0 Å². The van der Waals surface area contributed by atoms with Crippen molar-refractivity contribution >= 4 is 53.5 Å².